The van der Waals surface area contributed by atoms with Crippen LogP contribution >= 0.6 is 23.2 Å². The Morgan fingerprint density at radius 3 is 2.61 bits per heavy atom. The van der Waals surface area contributed by atoms with Crippen molar-refractivity contribution in [1.29, 1.82) is 0 Å². The Kier molecular flexibility index (Phi) is 4.21. The van der Waals surface area contributed by atoms with Gasteiger partial charge in [0.15, 0.2) is 0 Å². The smallest absolute Gasteiger partial charge is 0.0835 e. The van der Waals surface area contributed by atoms with Crippen molar-refractivity contribution in [1.82, 2.24) is 4.57 Å². The molecule has 1 aromatic heterocycles. The van der Waals surface area contributed by atoms with Gasteiger partial charge in [-0.15, -0.1) is 0 Å². The maximum absolute atomic E-state index is 6.35. The quantitative estimate of drug-likeness (QED) is 0.885. The molecule has 0 spiro atoms. The van der Waals surface area contributed by atoms with Crippen molar-refractivity contribution >= 4 is 34.1 Å². The first-order valence-electron chi connectivity index (χ1n) is 6.23. The van der Waals surface area contributed by atoms with Crippen LogP contribution in [-0.4, -0.2) is 11.1 Å². The van der Waals surface area contributed by atoms with Crippen LogP contribution in [0.25, 0.3) is 10.9 Å². The van der Waals surface area contributed by atoms with E-state index in [0.29, 0.717) is 22.6 Å². The summed E-state index contributed by atoms with van der Waals surface area (Å²) in [4.78, 5) is 0. The first-order valence-corrected chi connectivity index (χ1v) is 6.99. The van der Waals surface area contributed by atoms with Crippen LogP contribution in [-0.2, 0) is 6.42 Å². The molecule has 2 nitrogen and oxygen atoms in total. The topological polar surface area (TPSA) is 30.9 Å². The van der Waals surface area contributed by atoms with Crippen LogP contribution in [0.4, 0.5) is 0 Å². The van der Waals surface area contributed by atoms with E-state index in [0.717, 1.165) is 18.4 Å². The Morgan fingerprint density at radius 1 is 1.28 bits per heavy atom. The SMILES string of the molecule is CC(C)n1cc(CCCN)c2ccc(Cl)c(Cl)c21. The lowest BCUT2D eigenvalue weighted by Gasteiger charge is -2.10. The van der Waals surface area contributed by atoms with Gasteiger partial charge in [0.05, 0.1) is 15.6 Å². The number of aryl methyl sites for hydroxylation is 1. The van der Waals surface area contributed by atoms with Crippen molar-refractivity contribution in [3.05, 3.63) is 33.9 Å². The molecule has 2 N–H and O–H groups in total. The Balaban J connectivity index is 2.64. The summed E-state index contributed by atoms with van der Waals surface area (Å²) in [7, 11) is 0. The van der Waals surface area contributed by atoms with Crippen LogP contribution in [0.2, 0.25) is 10.0 Å². The molecule has 2 aromatic rings. The third-order valence-electron chi connectivity index (χ3n) is 3.17. The number of halogens is 2. The summed E-state index contributed by atoms with van der Waals surface area (Å²) in [5.74, 6) is 0. The van der Waals surface area contributed by atoms with Gasteiger partial charge in [-0.05, 0) is 44.9 Å². The zero-order valence-corrected chi connectivity index (χ0v) is 12.2. The molecule has 0 bridgehead atoms. The highest BCUT2D eigenvalue weighted by atomic mass is 35.5. The minimum atomic E-state index is 0.357. The van der Waals surface area contributed by atoms with Gasteiger partial charge in [-0.2, -0.15) is 0 Å². The standard InChI is InChI=1S/C14H18Cl2N2/c1-9(2)18-8-10(4-3-7-17)11-5-6-12(15)13(16)14(11)18/h5-6,8-9H,3-4,7,17H2,1-2H3. The summed E-state index contributed by atoms with van der Waals surface area (Å²) in [5.41, 5.74) is 7.91. The van der Waals surface area contributed by atoms with E-state index in [1.807, 2.05) is 12.1 Å². The first-order chi connectivity index (χ1) is 8.56. The highest BCUT2D eigenvalue weighted by molar-refractivity contribution is 6.45. The van der Waals surface area contributed by atoms with Gasteiger partial charge in [0, 0.05) is 17.6 Å². The summed E-state index contributed by atoms with van der Waals surface area (Å²) < 4.78 is 2.19. The molecule has 2 rings (SSSR count). The van der Waals surface area contributed by atoms with E-state index >= 15 is 0 Å². The number of rotatable bonds is 4. The summed E-state index contributed by atoms with van der Waals surface area (Å²) in [5, 5.41) is 2.43. The lowest BCUT2D eigenvalue weighted by Crippen LogP contribution is -2.00. The van der Waals surface area contributed by atoms with Gasteiger partial charge < -0.3 is 10.3 Å². The van der Waals surface area contributed by atoms with Crippen LogP contribution in [0.3, 0.4) is 0 Å². The van der Waals surface area contributed by atoms with Gasteiger partial charge in [-0.25, -0.2) is 0 Å². The van der Waals surface area contributed by atoms with Gasteiger partial charge in [0.1, 0.15) is 0 Å². The maximum atomic E-state index is 6.35. The average molecular weight is 285 g/mol. The van der Waals surface area contributed by atoms with Gasteiger partial charge in [0.2, 0.25) is 0 Å². The second kappa shape index (κ2) is 5.52. The molecule has 4 heteroatoms. The second-order valence-electron chi connectivity index (χ2n) is 4.81. The number of aromatic nitrogens is 1. The monoisotopic (exact) mass is 284 g/mol. The molecule has 0 amide bonds. The molecule has 0 aliphatic rings. The fourth-order valence-electron chi connectivity index (χ4n) is 2.25. The molecule has 0 saturated heterocycles. The average Bonchev–Trinajstić information content (AvgIpc) is 2.71. The summed E-state index contributed by atoms with van der Waals surface area (Å²) in [6.07, 6.45) is 4.13. The Bertz CT molecular complexity index is 558. The minimum Gasteiger partial charge on any atom is -0.343 e. The fourth-order valence-corrected chi connectivity index (χ4v) is 2.67. The predicted molar refractivity (Wildman–Crippen MR) is 79.7 cm³/mol. The molecule has 0 aliphatic carbocycles. The molecule has 0 saturated carbocycles. The summed E-state index contributed by atoms with van der Waals surface area (Å²) in [6, 6.07) is 4.27. The van der Waals surface area contributed by atoms with E-state index in [4.69, 9.17) is 28.9 Å². The molecular formula is C14H18Cl2N2. The van der Waals surface area contributed by atoms with E-state index in [-0.39, 0.29) is 0 Å². The Labute approximate surface area is 118 Å². The number of nitrogens with zero attached hydrogens (tertiary/aromatic N) is 1. The zero-order valence-electron chi connectivity index (χ0n) is 10.7. The number of fused-ring (bicyclic) bond motifs is 1. The van der Waals surface area contributed by atoms with Gasteiger partial charge in [-0.3, -0.25) is 0 Å². The van der Waals surface area contributed by atoms with E-state index in [1.54, 1.807) is 0 Å². The summed E-state index contributed by atoms with van der Waals surface area (Å²) >= 11 is 12.5. The number of hydrogen-bond acceptors (Lipinski definition) is 1. The highest BCUT2D eigenvalue weighted by Gasteiger charge is 2.15. The molecule has 0 fully saturated rings. The molecular weight excluding hydrogens is 267 g/mol. The Hall–Kier alpha value is -0.700. The van der Waals surface area contributed by atoms with Crippen molar-refractivity contribution in [2.45, 2.75) is 32.7 Å². The van der Waals surface area contributed by atoms with Crippen LogP contribution < -0.4 is 5.73 Å². The first kappa shape index (κ1) is 13.7. The molecule has 0 atom stereocenters. The van der Waals surface area contributed by atoms with Gasteiger partial charge in [0.25, 0.3) is 0 Å². The predicted octanol–water partition coefficient (Wildman–Crippen LogP) is 4.42. The van der Waals surface area contributed by atoms with Crippen molar-refractivity contribution in [2.75, 3.05) is 6.54 Å². The molecule has 18 heavy (non-hydrogen) atoms. The summed E-state index contributed by atoms with van der Waals surface area (Å²) in [6.45, 7) is 4.99. The highest BCUT2D eigenvalue weighted by Crippen LogP contribution is 2.35. The molecule has 0 unspecified atom stereocenters. The number of hydrogen-bond donors (Lipinski definition) is 1. The molecule has 0 radical (unpaired) electrons. The molecule has 0 aliphatic heterocycles. The Morgan fingerprint density at radius 2 is 2.00 bits per heavy atom. The van der Waals surface area contributed by atoms with Crippen molar-refractivity contribution in [3.8, 4) is 0 Å². The van der Waals surface area contributed by atoms with E-state index in [1.165, 1.54) is 10.9 Å². The van der Waals surface area contributed by atoms with Crippen LogP contribution in [0, 0.1) is 0 Å². The normalized spacial score (nSPS) is 11.7. The van der Waals surface area contributed by atoms with Crippen LogP contribution in [0.1, 0.15) is 31.9 Å². The largest absolute Gasteiger partial charge is 0.343 e. The van der Waals surface area contributed by atoms with Gasteiger partial charge >= 0.3 is 0 Å². The molecule has 98 valence electrons. The van der Waals surface area contributed by atoms with E-state index in [9.17, 15) is 0 Å². The lowest BCUT2D eigenvalue weighted by molar-refractivity contribution is 0.620. The van der Waals surface area contributed by atoms with E-state index < -0.39 is 0 Å². The van der Waals surface area contributed by atoms with Crippen molar-refractivity contribution in [3.63, 3.8) is 0 Å². The zero-order chi connectivity index (χ0) is 13.3. The van der Waals surface area contributed by atoms with E-state index in [2.05, 4.69) is 24.6 Å². The molecule has 1 heterocycles. The second-order valence-corrected chi connectivity index (χ2v) is 5.59. The van der Waals surface area contributed by atoms with Crippen LogP contribution in [0.15, 0.2) is 18.3 Å². The third-order valence-corrected chi connectivity index (χ3v) is 3.97. The van der Waals surface area contributed by atoms with Crippen molar-refractivity contribution in [2.24, 2.45) is 5.73 Å². The number of nitrogens with two attached hydrogens (primary N) is 1. The lowest BCUT2D eigenvalue weighted by atomic mass is 10.1. The van der Waals surface area contributed by atoms with Gasteiger partial charge in [-0.1, -0.05) is 29.3 Å². The molecule has 1 aromatic carbocycles. The maximum Gasteiger partial charge on any atom is 0.0835 e. The van der Waals surface area contributed by atoms with Crippen molar-refractivity contribution < 1.29 is 0 Å². The third kappa shape index (κ3) is 2.37. The number of benzene rings is 1. The fraction of sp³-hybridized carbons (Fsp3) is 0.429. The minimum absolute atomic E-state index is 0.357. The van der Waals surface area contributed by atoms with Crippen LogP contribution in [0.5, 0.6) is 0 Å².